The van der Waals surface area contributed by atoms with Crippen LogP contribution in [0.15, 0.2) is 53.4 Å². The number of carbonyl (C=O) groups is 1. The fourth-order valence-electron chi connectivity index (χ4n) is 2.41. The van der Waals surface area contributed by atoms with E-state index >= 15 is 0 Å². The molecule has 0 heterocycles. The molecule has 0 aliphatic rings. The Morgan fingerprint density at radius 2 is 1.88 bits per heavy atom. The summed E-state index contributed by atoms with van der Waals surface area (Å²) < 4.78 is 5.39. The van der Waals surface area contributed by atoms with Crippen LogP contribution in [0.25, 0.3) is 0 Å². The lowest BCUT2D eigenvalue weighted by Gasteiger charge is -2.14. The molecule has 4 nitrogen and oxygen atoms in total. The lowest BCUT2D eigenvalue weighted by atomic mass is 10.1. The normalized spacial score (nSPS) is 11.8. The van der Waals surface area contributed by atoms with Crippen LogP contribution in [-0.2, 0) is 6.54 Å². The molecule has 0 bridgehead atoms. The SMILES string of the molecule is CNC(=O)c1ccc(CNCC(C)CSc2ccccc2OC)cc1. The van der Waals surface area contributed by atoms with E-state index in [1.165, 1.54) is 10.5 Å². The van der Waals surface area contributed by atoms with E-state index in [2.05, 4.69) is 23.6 Å². The van der Waals surface area contributed by atoms with Gasteiger partial charge in [-0.1, -0.05) is 31.2 Å². The third kappa shape index (κ3) is 6.11. The van der Waals surface area contributed by atoms with E-state index in [1.54, 1.807) is 14.2 Å². The van der Waals surface area contributed by atoms with Gasteiger partial charge in [-0.05, 0) is 42.3 Å². The van der Waals surface area contributed by atoms with Crippen LogP contribution in [0.2, 0.25) is 0 Å². The Balaban J connectivity index is 1.73. The number of nitrogens with one attached hydrogen (secondary N) is 2. The molecule has 0 radical (unpaired) electrons. The molecule has 134 valence electrons. The summed E-state index contributed by atoms with van der Waals surface area (Å²) in [7, 11) is 3.35. The molecule has 0 aliphatic heterocycles. The molecule has 0 aliphatic carbocycles. The van der Waals surface area contributed by atoms with Crippen LogP contribution in [0.1, 0.15) is 22.8 Å². The number of ether oxygens (including phenoxy) is 1. The first kappa shape index (κ1) is 19.3. The van der Waals surface area contributed by atoms with E-state index in [0.717, 1.165) is 24.6 Å². The van der Waals surface area contributed by atoms with Gasteiger partial charge >= 0.3 is 0 Å². The second-order valence-corrected chi connectivity index (χ2v) is 7.04. The first-order chi connectivity index (χ1) is 12.1. The minimum Gasteiger partial charge on any atom is -0.496 e. The Morgan fingerprint density at radius 1 is 1.16 bits per heavy atom. The fraction of sp³-hybridized carbons (Fsp3) is 0.350. The van der Waals surface area contributed by atoms with E-state index in [9.17, 15) is 4.79 Å². The number of rotatable bonds is 9. The zero-order valence-electron chi connectivity index (χ0n) is 15.0. The Morgan fingerprint density at radius 3 is 2.56 bits per heavy atom. The van der Waals surface area contributed by atoms with Crippen molar-refractivity contribution in [3.8, 4) is 5.75 Å². The monoisotopic (exact) mass is 358 g/mol. The summed E-state index contributed by atoms with van der Waals surface area (Å²) in [6.07, 6.45) is 0. The highest BCUT2D eigenvalue weighted by Crippen LogP contribution is 2.29. The van der Waals surface area contributed by atoms with Crippen molar-refractivity contribution in [3.63, 3.8) is 0 Å². The summed E-state index contributed by atoms with van der Waals surface area (Å²) in [6, 6.07) is 15.8. The molecule has 1 amide bonds. The van der Waals surface area contributed by atoms with Crippen LogP contribution in [0.3, 0.4) is 0 Å². The van der Waals surface area contributed by atoms with Crippen molar-refractivity contribution in [2.45, 2.75) is 18.4 Å². The molecule has 1 atom stereocenters. The Hall–Kier alpha value is -1.98. The van der Waals surface area contributed by atoms with Gasteiger partial charge in [0, 0.05) is 29.8 Å². The lowest BCUT2D eigenvalue weighted by Crippen LogP contribution is -2.22. The van der Waals surface area contributed by atoms with Crippen LogP contribution in [0.5, 0.6) is 5.75 Å². The molecular formula is C20H26N2O2S. The van der Waals surface area contributed by atoms with Crippen LogP contribution >= 0.6 is 11.8 Å². The van der Waals surface area contributed by atoms with Crippen LogP contribution in [0.4, 0.5) is 0 Å². The van der Waals surface area contributed by atoms with Crippen LogP contribution in [0, 0.1) is 5.92 Å². The van der Waals surface area contributed by atoms with Gasteiger partial charge < -0.3 is 15.4 Å². The molecule has 0 spiro atoms. The van der Waals surface area contributed by atoms with Crippen molar-refractivity contribution in [2.75, 3.05) is 26.5 Å². The summed E-state index contributed by atoms with van der Waals surface area (Å²) in [4.78, 5) is 12.7. The summed E-state index contributed by atoms with van der Waals surface area (Å²) in [5.41, 5.74) is 1.87. The first-order valence-corrected chi connectivity index (χ1v) is 9.40. The van der Waals surface area contributed by atoms with Crippen molar-refractivity contribution < 1.29 is 9.53 Å². The maximum atomic E-state index is 11.5. The Bertz CT molecular complexity index is 674. The zero-order valence-corrected chi connectivity index (χ0v) is 15.9. The van der Waals surface area contributed by atoms with E-state index in [-0.39, 0.29) is 5.91 Å². The molecule has 0 fully saturated rings. The molecule has 0 saturated carbocycles. The molecule has 2 aromatic rings. The van der Waals surface area contributed by atoms with E-state index in [4.69, 9.17) is 4.74 Å². The molecular weight excluding hydrogens is 332 g/mol. The summed E-state index contributed by atoms with van der Waals surface area (Å²) in [5, 5.41) is 6.11. The maximum Gasteiger partial charge on any atom is 0.251 e. The number of methoxy groups -OCH3 is 1. The highest BCUT2D eigenvalue weighted by molar-refractivity contribution is 7.99. The average Bonchev–Trinajstić information content (AvgIpc) is 2.66. The quantitative estimate of drug-likeness (QED) is 0.673. The van der Waals surface area contributed by atoms with Crippen molar-refractivity contribution in [1.29, 1.82) is 0 Å². The minimum atomic E-state index is -0.0542. The molecule has 2 N–H and O–H groups in total. The van der Waals surface area contributed by atoms with Gasteiger partial charge in [0.05, 0.1) is 7.11 Å². The van der Waals surface area contributed by atoms with Gasteiger partial charge in [-0.25, -0.2) is 0 Å². The van der Waals surface area contributed by atoms with Crippen LogP contribution < -0.4 is 15.4 Å². The smallest absolute Gasteiger partial charge is 0.251 e. The van der Waals surface area contributed by atoms with Gasteiger partial charge in [0.1, 0.15) is 5.75 Å². The highest BCUT2D eigenvalue weighted by Gasteiger charge is 2.07. The molecule has 2 rings (SSSR count). The highest BCUT2D eigenvalue weighted by atomic mass is 32.2. The van der Waals surface area contributed by atoms with Crippen LogP contribution in [-0.4, -0.2) is 32.4 Å². The molecule has 5 heteroatoms. The standard InChI is InChI=1S/C20H26N2O2S/c1-15(14-25-19-7-5-4-6-18(19)24-3)12-22-13-16-8-10-17(11-9-16)20(23)21-2/h4-11,15,22H,12-14H2,1-3H3,(H,21,23). The van der Waals surface area contributed by atoms with Gasteiger partial charge in [0.2, 0.25) is 0 Å². The Kier molecular flexibility index (Phi) is 7.82. The lowest BCUT2D eigenvalue weighted by molar-refractivity contribution is 0.0963. The number of hydrogen-bond donors (Lipinski definition) is 2. The van der Waals surface area contributed by atoms with E-state index in [0.29, 0.717) is 11.5 Å². The fourth-order valence-corrected chi connectivity index (χ4v) is 3.46. The summed E-state index contributed by atoms with van der Waals surface area (Å²) in [6.45, 7) is 3.99. The van der Waals surface area contributed by atoms with Crippen molar-refractivity contribution in [1.82, 2.24) is 10.6 Å². The largest absolute Gasteiger partial charge is 0.496 e. The first-order valence-electron chi connectivity index (χ1n) is 8.41. The van der Waals surface area contributed by atoms with Gasteiger partial charge in [0.25, 0.3) is 5.91 Å². The van der Waals surface area contributed by atoms with Gasteiger partial charge in [-0.3, -0.25) is 4.79 Å². The maximum absolute atomic E-state index is 11.5. The van der Waals surface area contributed by atoms with Crippen molar-refractivity contribution in [2.24, 2.45) is 5.92 Å². The number of hydrogen-bond acceptors (Lipinski definition) is 4. The third-order valence-electron chi connectivity index (χ3n) is 3.86. The number of thioether (sulfide) groups is 1. The predicted octanol–water partition coefficient (Wildman–Crippen LogP) is 3.57. The number of benzene rings is 2. The second-order valence-electron chi connectivity index (χ2n) is 5.97. The minimum absolute atomic E-state index is 0.0542. The van der Waals surface area contributed by atoms with E-state index in [1.807, 2.05) is 54.2 Å². The number of para-hydroxylation sites is 1. The molecule has 25 heavy (non-hydrogen) atoms. The van der Waals surface area contributed by atoms with Gasteiger partial charge in [-0.2, -0.15) is 0 Å². The number of carbonyl (C=O) groups excluding carboxylic acids is 1. The molecule has 1 unspecified atom stereocenters. The zero-order chi connectivity index (χ0) is 18.1. The molecule has 0 saturated heterocycles. The summed E-state index contributed by atoms with van der Waals surface area (Å²) >= 11 is 1.82. The van der Waals surface area contributed by atoms with Crippen molar-refractivity contribution in [3.05, 3.63) is 59.7 Å². The second kappa shape index (κ2) is 10.1. The van der Waals surface area contributed by atoms with Gasteiger partial charge in [0.15, 0.2) is 0 Å². The molecule has 0 aromatic heterocycles. The van der Waals surface area contributed by atoms with Crippen molar-refractivity contribution >= 4 is 17.7 Å². The average molecular weight is 359 g/mol. The van der Waals surface area contributed by atoms with E-state index < -0.39 is 0 Å². The topological polar surface area (TPSA) is 50.4 Å². The molecule has 2 aromatic carbocycles. The third-order valence-corrected chi connectivity index (χ3v) is 5.24. The Labute approximate surface area is 154 Å². The predicted molar refractivity (Wildman–Crippen MR) is 104 cm³/mol. The number of amides is 1. The summed E-state index contributed by atoms with van der Waals surface area (Å²) in [5.74, 6) is 2.45. The van der Waals surface area contributed by atoms with Gasteiger partial charge in [-0.15, -0.1) is 11.8 Å².